The zero-order valence-electron chi connectivity index (χ0n) is 8.64. The maximum Gasteiger partial charge on any atom is 0.273 e. The summed E-state index contributed by atoms with van der Waals surface area (Å²) in [5.74, 6) is -0.168. The van der Waals surface area contributed by atoms with Crippen molar-refractivity contribution in [3.8, 4) is 0 Å². The number of nitrogens with one attached hydrogen (secondary N) is 1. The van der Waals surface area contributed by atoms with E-state index in [2.05, 4.69) is 26.3 Å². The number of hydrogen-bond donors (Lipinski definition) is 1. The van der Waals surface area contributed by atoms with Crippen LogP contribution in [-0.2, 0) is 7.05 Å². The number of anilines is 1. The van der Waals surface area contributed by atoms with Crippen LogP contribution in [0.25, 0.3) is 0 Å². The van der Waals surface area contributed by atoms with Gasteiger partial charge in [0.2, 0.25) is 0 Å². The van der Waals surface area contributed by atoms with Crippen LogP contribution in [0.2, 0.25) is 0 Å². The lowest BCUT2D eigenvalue weighted by molar-refractivity contribution is 0.101. The van der Waals surface area contributed by atoms with Crippen LogP contribution < -0.4 is 5.32 Å². The summed E-state index contributed by atoms with van der Waals surface area (Å²) in [6.45, 7) is 0. The Bertz CT molecular complexity index is 521. The molecule has 82 valence electrons. The Morgan fingerprint density at radius 1 is 1.44 bits per heavy atom. The highest BCUT2D eigenvalue weighted by atomic mass is 79.9. The molecule has 0 aliphatic heterocycles. The quantitative estimate of drug-likeness (QED) is 0.918. The Labute approximate surface area is 101 Å². The second-order valence-electron chi connectivity index (χ2n) is 3.30. The molecule has 4 nitrogen and oxygen atoms in total. The van der Waals surface area contributed by atoms with Gasteiger partial charge in [0.05, 0.1) is 0 Å². The lowest BCUT2D eigenvalue weighted by Crippen LogP contribution is -2.15. The van der Waals surface area contributed by atoms with Crippen LogP contribution in [0.4, 0.5) is 5.69 Å². The largest absolute Gasteiger partial charge is 0.321 e. The molecule has 16 heavy (non-hydrogen) atoms. The molecule has 0 saturated carbocycles. The molecule has 0 radical (unpaired) electrons. The number of amides is 1. The second-order valence-corrected chi connectivity index (χ2v) is 4.22. The van der Waals surface area contributed by atoms with Crippen molar-refractivity contribution < 1.29 is 4.79 Å². The first-order valence-electron chi connectivity index (χ1n) is 4.72. The van der Waals surface area contributed by atoms with E-state index >= 15 is 0 Å². The summed E-state index contributed by atoms with van der Waals surface area (Å²) in [5, 5.41) is 6.74. The number of carbonyl (C=O) groups is 1. The number of aromatic nitrogens is 2. The average molecular weight is 280 g/mol. The topological polar surface area (TPSA) is 46.9 Å². The molecule has 0 unspecified atom stereocenters. The summed E-state index contributed by atoms with van der Waals surface area (Å²) >= 11 is 3.35. The Kier molecular flexibility index (Phi) is 3.05. The molecule has 1 heterocycles. The van der Waals surface area contributed by atoms with E-state index in [0.717, 1.165) is 10.2 Å². The van der Waals surface area contributed by atoms with Gasteiger partial charge < -0.3 is 5.32 Å². The normalized spacial score (nSPS) is 10.1. The fraction of sp³-hybridized carbons (Fsp3) is 0.0909. The van der Waals surface area contributed by atoms with E-state index in [1.165, 1.54) is 4.68 Å². The number of rotatable bonds is 2. The maximum absolute atomic E-state index is 11.8. The van der Waals surface area contributed by atoms with Gasteiger partial charge in [0.25, 0.3) is 5.91 Å². The zero-order chi connectivity index (χ0) is 11.5. The summed E-state index contributed by atoms with van der Waals surface area (Å²) in [5.41, 5.74) is 1.28. The first-order valence-corrected chi connectivity index (χ1v) is 5.51. The third kappa shape index (κ3) is 2.30. The predicted molar refractivity (Wildman–Crippen MR) is 65.3 cm³/mol. The van der Waals surface area contributed by atoms with Crippen molar-refractivity contribution in [3.63, 3.8) is 0 Å². The Balaban J connectivity index is 2.17. The van der Waals surface area contributed by atoms with Gasteiger partial charge in [-0.15, -0.1) is 0 Å². The Morgan fingerprint density at radius 3 is 2.88 bits per heavy atom. The van der Waals surface area contributed by atoms with Gasteiger partial charge in [-0.3, -0.25) is 9.48 Å². The van der Waals surface area contributed by atoms with Crippen LogP contribution >= 0.6 is 15.9 Å². The molecule has 0 fully saturated rings. The summed E-state index contributed by atoms with van der Waals surface area (Å²) < 4.78 is 2.46. The molecule has 0 atom stereocenters. The van der Waals surface area contributed by atoms with Gasteiger partial charge in [-0.1, -0.05) is 22.0 Å². The van der Waals surface area contributed by atoms with E-state index in [4.69, 9.17) is 0 Å². The van der Waals surface area contributed by atoms with Crippen molar-refractivity contribution in [3.05, 3.63) is 46.7 Å². The molecule has 1 amide bonds. The van der Waals surface area contributed by atoms with Crippen molar-refractivity contribution in [2.45, 2.75) is 0 Å². The van der Waals surface area contributed by atoms with Crippen LogP contribution in [-0.4, -0.2) is 15.7 Å². The molecule has 1 aromatic heterocycles. The first kappa shape index (κ1) is 10.9. The molecule has 5 heteroatoms. The molecule has 0 spiro atoms. The van der Waals surface area contributed by atoms with E-state index in [1.807, 2.05) is 24.3 Å². The summed E-state index contributed by atoms with van der Waals surface area (Å²) in [6.07, 6.45) is 1.59. The minimum Gasteiger partial charge on any atom is -0.321 e. The number of benzene rings is 1. The van der Waals surface area contributed by atoms with E-state index < -0.39 is 0 Å². The third-order valence-corrected chi connectivity index (χ3v) is 2.63. The standard InChI is InChI=1S/C11H10BrN3O/c1-15-10(5-6-13-15)11(16)14-9-4-2-3-8(12)7-9/h2-7H,1H3,(H,14,16). The van der Waals surface area contributed by atoms with Gasteiger partial charge in [-0.2, -0.15) is 5.10 Å². The third-order valence-electron chi connectivity index (χ3n) is 2.14. The molecule has 0 saturated heterocycles. The van der Waals surface area contributed by atoms with Gasteiger partial charge in [0, 0.05) is 23.4 Å². The summed E-state index contributed by atoms with van der Waals surface area (Å²) in [6, 6.07) is 9.11. The van der Waals surface area contributed by atoms with Gasteiger partial charge in [-0.25, -0.2) is 0 Å². The molecular formula is C11H10BrN3O. The fourth-order valence-electron chi connectivity index (χ4n) is 1.36. The Hall–Kier alpha value is -1.62. The lowest BCUT2D eigenvalue weighted by Gasteiger charge is -2.05. The van der Waals surface area contributed by atoms with Crippen molar-refractivity contribution in [1.29, 1.82) is 0 Å². The van der Waals surface area contributed by atoms with Crippen LogP contribution in [0, 0.1) is 0 Å². The van der Waals surface area contributed by atoms with Gasteiger partial charge >= 0.3 is 0 Å². The first-order chi connectivity index (χ1) is 7.66. The van der Waals surface area contributed by atoms with Crippen LogP contribution in [0.15, 0.2) is 41.0 Å². The molecule has 2 aromatic rings. The molecular weight excluding hydrogens is 270 g/mol. The van der Waals surface area contributed by atoms with E-state index in [-0.39, 0.29) is 5.91 Å². The van der Waals surface area contributed by atoms with Gasteiger partial charge in [-0.05, 0) is 24.3 Å². The van der Waals surface area contributed by atoms with Crippen molar-refractivity contribution >= 4 is 27.5 Å². The van der Waals surface area contributed by atoms with E-state index in [1.54, 1.807) is 19.3 Å². The molecule has 2 rings (SSSR count). The van der Waals surface area contributed by atoms with Crippen LogP contribution in [0.3, 0.4) is 0 Å². The average Bonchev–Trinajstić information content (AvgIpc) is 2.64. The number of aryl methyl sites for hydroxylation is 1. The van der Waals surface area contributed by atoms with Crippen LogP contribution in [0.5, 0.6) is 0 Å². The number of carbonyl (C=O) groups excluding carboxylic acids is 1. The van der Waals surface area contributed by atoms with Gasteiger partial charge in [0.1, 0.15) is 5.69 Å². The minimum atomic E-state index is -0.168. The number of hydrogen-bond acceptors (Lipinski definition) is 2. The molecule has 1 N–H and O–H groups in total. The lowest BCUT2D eigenvalue weighted by atomic mass is 10.3. The predicted octanol–water partition coefficient (Wildman–Crippen LogP) is 2.43. The molecule has 0 aliphatic rings. The molecule has 0 aliphatic carbocycles. The summed E-state index contributed by atoms with van der Waals surface area (Å²) in [7, 11) is 1.73. The number of nitrogens with zero attached hydrogens (tertiary/aromatic N) is 2. The highest BCUT2D eigenvalue weighted by molar-refractivity contribution is 9.10. The molecule has 1 aromatic carbocycles. The van der Waals surface area contributed by atoms with Crippen molar-refractivity contribution in [2.75, 3.05) is 5.32 Å². The second kappa shape index (κ2) is 4.49. The SMILES string of the molecule is Cn1nccc1C(=O)Nc1cccc(Br)c1. The van der Waals surface area contributed by atoms with E-state index in [0.29, 0.717) is 5.69 Å². The van der Waals surface area contributed by atoms with Gasteiger partial charge in [0.15, 0.2) is 0 Å². The number of halogens is 1. The fourth-order valence-corrected chi connectivity index (χ4v) is 1.76. The summed E-state index contributed by atoms with van der Waals surface area (Å²) in [4.78, 5) is 11.8. The van der Waals surface area contributed by atoms with E-state index in [9.17, 15) is 4.79 Å². The van der Waals surface area contributed by atoms with Crippen molar-refractivity contribution in [1.82, 2.24) is 9.78 Å². The maximum atomic E-state index is 11.8. The van der Waals surface area contributed by atoms with Crippen molar-refractivity contribution in [2.24, 2.45) is 7.05 Å². The highest BCUT2D eigenvalue weighted by Crippen LogP contribution is 2.16. The smallest absolute Gasteiger partial charge is 0.273 e. The highest BCUT2D eigenvalue weighted by Gasteiger charge is 2.09. The minimum absolute atomic E-state index is 0.168. The monoisotopic (exact) mass is 279 g/mol. The van der Waals surface area contributed by atoms with Crippen LogP contribution in [0.1, 0.15) is 10.5 Å². The zero-order valence-corrected chi connectivity index (χ0v) is 10.2. The Morgan fingerprint density at radius 2 is 2.25 bits per heavy atom. The molecule has 0 bridgehead atoms.